The fraction of sp³-hybridized carbons (Fsp3) is 0.654. The van der Waals surface area contributed by atoms with Gasteiger partial charge in [0.2, 0.25) is 5.91 Å². The number of carbonyl (C=O) groups excluding carboxylic acids is 1. The number of unbranched alkanes of at least 4 members (excludes halogenated alkanes) is 1. The normalized spacial score (nSPS) is 11.3. The standard InChI is InChI=1S/C26H47N7O2/c27-10-4-13-28-11-1-2-12-29-14-5-15-30-16-6-17-31-18-7-19-32-26(35)21-22-20-23-24(33-22)8-3-9-25(23)34/h3,8-9,20,28-31,33-34H,1-2,4-7,10-19,21,27H2,(H,32,35). The third-order valence-electron chi connectivity index (χ3n) is 5.83. The molecular weight excluding hydrogens is 442 g/mol. The molecule has 0 saturated heterocycles. The maximum atomic E-state index is 12.1. The molecule has 0 atom stereocenters. The van der Waals surface area contributed by atoms with E-state index in [1.54, 1.807) is 12.1 Å². The minimum absolute atomic E-state index is 0.00919. The van der Waals surface area contributed by atoms with Crippen molar-refractivity contribution < 1.29 is 9.90 Å². The molecular formula is C26H47N7O2. The number of hydrogen-bond donors (Lipinski definition) is 8. The summed E-state index contributed by atoms with van der Waals surface area (Å²) in [6.45, 7) is 9.67. The van der Waals surface area contributed by atoms with E-state index in [0.29, 0.717) is 6.54 Å². The first-order chi connectivity index (χ1) is 17.2. The molecule has 0 saturated carbocycles. The number of H-pyrrole nitrogens is 1. The fourth-order valence-electron chi connectivity index (χ4n) is 3.87. The average Bonchev–Trinajstić information content (AvgIpc) is 3.26. The summed E-state index contributed by atoms with van der Waals surface area (Å²) in [6.07, 6.45) is 6.94. The highest BCUT2D eigenvalue weighted by atomic mass is 16.3. The monoisotopic (exact) mass is 489 g/mol. The van der Waals surface area contributed by atoms with E-state index in [1.165, 1.54) is 12.8 Å². The lowest BCUT2D eigenvalue weighted by Gasteiger charge is -2.08. The van der Waals surface area contributed by atoms with E-state index >= 15 is 0 Å². The Morgan fingerprint density at radius 1 is 0.771 bits per heavy atom. The van der Waals surface area contributed by atoms with Gasteiger partial charge in [0, 0.05) is 23.1 Å². The number of fused-ring (bicyclic) bond motifs is 1. The summed E-state index contributed by atoms with van der Waals surface area (Å²) in [7, 11) is 0. The van der Waals surface area contributed by atoms with Gasteiger partial charge in [-0.15, -0.1) is 0 Å². The Hall–Kier alpha value is -2.17. The number of phenolic OH excluding ortho intramolecular Hbond substituents is 1. The van der Waals surface area contributed by atoms with Crippen LogP contribution in [0.4, 0.5) is 0 Å². The molecule has 35 heavy (non-hydrogen) atoms. The molecule has 0 aliphatic carbocycles. The predicted molar refractivity (Wildman–Crippen MR) is 145 cm³/mol. The molecule has 9 nitrogen and oxygen atoms in total. The summed E-state index contributed by atoms with van der Waals surface area (Å²) in [4.78, 5) is 15.3. The van der Waals surface area contributed by atoms with Crippen molar-refractivity contribution >= 4 is 16.8 Å². The second kappa shape index (κ2) is 19.1. The first-order valence-corrected chi connectivity index (χ1v) is 13.3. The molecule has 2 aromatic rings. The van der Waals surface area contributed by atoms with Crippen LogP contribution in [0.25, 0.3) is 10.9 Å². The van der Waals surface area contributed by atoms with Crippen molar-refractivity contribution in [1.82, 2.24) is 31.6 Å². The zero-order valence-electron chi connectivity index (χ0n) is 21.3. The second-order valence-corrected chi connectivity index (χ2v) is 8.97. The minimum atomic E-state index is -0.00919. The number of rotatable bonds is 22. The Kier molecular flexibility index (Phi) is 15.8. The van der Waals surface area contributed by atoms with Gasteiger partial charge in [-0.25, -0.2) is 0 Å². The molecule has 0 aliphatic heterocycles. The van der Waals surface area contributed by atoms with E-state index in [9.17, 15) is 9.90 Å². The van der Waals surface area contributed by atoms with E-state index in [0.717, 1.165) is 101 Å². The number of phenols is 1. The summed E-state index contributed by atoms with van der Waals surface area (Å²) < 4.78 is 0. The van der Waals surface area contributed by atoms with Crippen molar-refractivity contribution in [3.8, 4) is 5.75 Å². The highest BCUT2D eigenvalue weighted by Gasteiger charge is 2.08. The Morgan fingerprint density at radius 3 is 1.89 bits per heavy atom. The summed E-state index contributed by atoms with van der Waals surface area (Å²) in [5.41, 5.74) is 7.12. The highest BCUT2D eigenvalue weighted by Crippen LogP contribution is 2.24. The average molecular weight is 490 g/mol. The first kappa shape index (κ1) is 29.1. The minimum Gasteiger partial charge on any atom is -0.507 e. The molecule has 0 bridgehead atoms. The molecule has 198 valence electrons. The maximum absolute atomic E-state index is 12.1. The molecule has 0 radical (unpaired) electrons. The van der Waals surface area contributed by atoms with Crippen LogP contribution < -0.4 is 32.3 Å². The Bertz CT molecular complexity index is 812. The number of aromatic hydroxyl groups is 1. The van der Waals surface area contributed by atoms with Crippen LogP contribution in [0.2, 0.25) is 0 Å². The number of hydrogen-bond acceptors (Lipinski definition) is 7. The number of nitrogens with two attached hydrogens (primary N) is 1. The van der Waals surface area contributed by atoms with Crippen molar-refractivity contribution in [3.63, 3.8) is 0 Å². The molecule has 1 heterocycles. The lowest BCUT2D eigenvalue weighted by atomic mass is 10.2. The topological polar surface area (TPSA) is 139 Å². The van der Waals surface area contributed by atoms with Crippen LogP contribution in [-0.2, 0) is 11.2 Å². The van der Waals surface area contributed by atoms with Crippen molar-refractivity contribution in [1.29, 1.82) is 0 Å². The lowest BCUT2D eigenvalue weighted by molar-refractivity contribution is -0.120. The van der Waals surface area contributed by atoms with E-state index in [4.69, 9.17) is 5.73 Å². The van der Waals surface area contributed by atoms with Crippen LogP contribution in [0, 0.1) is 0 Å². The lowest BCUT2D eigenvalue weighted by Crippen LogP contribution is -2.29. The summed E-state index contributed by atoms with van der Waals surface area (Å²) >= 11 is 0. The van der Waals surface area contributed by atoms with E-state index < -0.39 is 0 Å². The SMILES string of the molecule is NCCCNCCCCNCCCNCCCNCCCNC(=O)Cc1cc2c(O)cccc2[nH]1. The fourth-order valence-corrected chi connectivity index (χ4v) is 3.87. The Morgan fingerprint density at radius 2 is 1.31 bits per heavy atom. The number of benzene rings is 1. The largest absolute Gasteiger partial charge is 0.507 e. The molecule has 0 unspecified atom stereocenters. The summed E-state index contributed by atoms with van der Waals surface area (Å²) in [5.74, 6) is 0.221. The number of aromatic nitrogens is 1. The quantitative estimate of drug-likeness (QED) is 0.116. The van der Waals surface area contributed by atoms with Crippen LogP contribution >= 0.6 is 0 Å². The predicted octanol–water partition coefficient (Wildman–Crippen LogP) is 1.19. The van der Waals surface area contributed by atoms with E-state index in [-0.39, 0.29) is 18.1 Å². The van der Waals surface area contributed by atoms with Gasteiger partial charge in [-0.1, -0.05) is 6.07 Å². The zero-order chi connectivity index (χ0) is 25.0. The first-order valence-electron chi connectivity index (χ1n) is 13.3. The number of nitrogens with one attached hydrogen (secondary N) is 6. The molecule has 1 amide bonds. The third kappa shape index (κ3) is 13.5. The molecule has 9 heteroatoms. The second-order valence-electron chi connectivity index (χ2n) is 8.97. The number of amides is 1. The van der Waals surface area contributed by atoms with Crippen LogP contribution in [0.15, 0.2) is 24.3 Å². The van der Waals surface area contributed by atoms with Gasteiger partial charge < -0.3 is 42.4 Å². The van der Waals surface area contributed by atoms with Crippen LogP contribution in [0.1, 0.15) is 44.2 Å². The van der Waals surface area contributed by atoms with Gasteiger partial charge in [-0.05, 0) is 116 Å². The molecule has 0 spiro atoms. The van der Waals surface area contributed by atoms with Gasteiger partial charge in [-0.3, -0.25) is 4.79 Å². The van der Waals surface area contributed by atoms with Gasteiger partial charge in [0.05, 0.1) is 6.42 Å². The maximum Gasteiger partial charge on any atom is 0.225 e. The molecule has 0 aliphatic rings. The highest BCUT2D eigenvalue weighted by molar-refractivity contribution is 5.88. The van der Waals surface area contributed by atoms with Gasteiger partial charge in [0.15, 0.2) is 0 Å². The Balaban J connectivity index is 1.30. The van der Waals surface area contributed by atoms with Crippen LogP contribution in [-0.4, -0.2) is 81.4 Å². The van der Waals surface area contributed by atoms with Crippen molar-refractivity contribution in [3.05, 3.63) is 30.0 Å². The summed E-state index contributed by atoms with van der Waals surface area (Å²) in [6, 6.07) is 7.16. The Labute approximate surface area is 210 Å². The van der Waals surface area contributed by atoms with Crippen LogP contribution in [0.5, 0.6) is 5.75 Å². The van der Waals surface area contributed by atoms with Gasteiger partial charge in [-0.2, -0.15) is 0 Å². The third-order valence-corrected chi connectivity index (χ3v) is 5.83. The molecule has 0 fully saturated rings. The molecule has 2 rings (SSSR count). The number of aromatic amines is 1. The zero-order valence-corrected chi connectivity index (χ0v) is 21.3. The summed E-state index contributed by atoms with van der Waals surface area (Å²) in [5, 5.41) is 27.4. The van der Waals surface area contributed by atoms with E-state index in [1.807, 2.05) is 12.1 Å². The van der Waals surface area contributed by atoms with Gasteiger partial charge in [0.1, 0.15) is 5.75 Å². The van der Waals surface area contributed by atoms with Crippen molar-refractivity contribution in [2.24, 2.45) is 5.73 Å². The molecule has 9 N–H and O–H groups in total. The van der Waals surface area contributed by atoms with E-state index in [2.05, 4.69) is 31.6 Å². The molecule has 1 aromatic heterocycles. The van der Waals surface area contributed by atoms with Gasteiger partial charge in [0.25, 0.3) is 0 Å². The van der Waals surface area contributed by atoms with Crippen molar-refractivity contribution in [2.45, 2.75) is 44.9 Å². The smallest absolute Gasteiger partial charge is 0.225 e. The van der Waals surface area contributed by atoms with Gasteiger partial charge >= 0.3 is 0 Å². The number of carbonyl (C=O) groups is 1. The van der Waals surface area contributed by atoms with Crippen LogP contribution in [0.3, 0.4) is 0 Å². The van der Waals surface area contributed by atoms with Crippen molar-refractivity contribution in [2.75, 3.05) is 65.4 Å². The molecule has 1 aromatic carbocycles.